The molecule has 1 aromatic heterocycles. The second-order valence-electron chi connectivity index (χ2n) is 5.29. The number of carbonyl (C=O) groups excluding carboxylic acids is 1. The average Bonchev–Trinajstić information content (AvgIpc) is 3.25. The maximum absolute atomic E-state index is 12.2. The Labute approximate surface area is 153 Å². The first-order chi connectivity index (χ1) is 12.0. The molecule has 1 atom stereocenters. The van der Waals surface area contributed by atoms with Crippen molar-refractivity contribution in [1.82, 2.24) is 14.9 Å². The highest BCUT2D eigenvalue weighted by molar-refractivity contribution is 7.91. The smallest absolute Gasteiger partial charge is 0.269 e. The van der Waals surface area contributed by atoms with Crippen LogP contribution in [0.1, 0.15) is 23.2 Å². The largest absolute Gasteiger partial charge is 0.377 e. The van der Waals surface area contributed by atoms with Crippen LogP contribution in [0.2, 0.25) is 5.02 Å². The second-order valence-corrected chi connectivity index (χ2v) is 8.62. The fourth-order valence-corrected chi connectivity index (χ4v) is 4.47. The quantitative estimate of drug-likeness (QED) is 0.714. The Bertz CT molecular complexity index is 865. The topological polar surface area (TPSA) is 110 Å². The summed E-state index contributed by atoms with van der Waals surface area (Å²) in [5.41, 5.74) is 0.264. The number of hydrogen-bond donors (Lipinski definition) is 2. The summed E-state index contributed by atoms with van der Waals surface area (Å²) in [5.74, 6) is -0.488. The lowest BCUT2D eigenvalue weighted by molar-refractivity contribution is 0.102. The molecule has 1 aliphatic heterocycles. The van der Waals surface area contributed by atoms with Crippen molar-refractivity contribution in [2.45, 2.75) is 23.3 Å². The van der Waals surface area contributed by atoms with Gasteiger partial charge in [-0.05, 0) is 25.0 Å². The number of rotatable bonds is 6. The molecular weight excluding hydrogens is 388 g/mol. The number of benzene rings is 1. The SMILES string of the molecule is O=C(Nc1nnc(S(=O)(=O)NC[C@@H]2CCCO2)s1)c1ccccc1Cl. The monoisotopic (exact) mass is 402 g/mol. The third kappa shape index (κ3) is 4.53. The minimum atomic E-state index is -3.80. The minimum absolute atomic E-state index is 0.0717. The van der Waals surface area contributed by atoms with Gasteiger partial charge in [0.05, 0.1) is 16.7 Å². The Morgan fingerprint density at radius 3 is 2.88 bits per heavy atom. The molecule has 1 fully saturated rings. The van der Waals surface area contributed by atoms with Crippen LogP contribution in [-0.2, 0) is 14.8 Å². The molecule has 0 saturated carbocycles. The van der Waals surface area contributed by atoms with Crippen LogP contribution in [0.4, 0.5) is 5.13 Å². The van der Waals surface area contributed by atoms with E-state index in [1.807, 2.05) is 0 Å². The summed E-state index contributed by atoms with van der Waals surface area (Å²) in [6, 6.07) is 6.52. The molecule has 2 N–H and O–H groups in total. The predicted molar refractivity (Wildman–Crippen MR) is 93.5 cm³/mol. The van der Waals surface area contributed by atoms with E-state index < -0.39 is 15.9 Å². The van der Waals surface area contributed by atoms with E-state index >= 15 is 0 Å². The number of ether oxygens (including phenoxy) is 1. The Kier molecular flexibility index (Phi) is 5.64. The highest BCUT2D eigenvalue weighted by atomic mass is 35.5. The molecule has 0 spiro atoms. The molecule has 1 saturated heterocycles. The molecule has 8 nitrogen and oxygen atoms in total. The first kappa shape index (κ1) is 18.2. The van der Waals surface area contributed by atoms with Gasteiger partial charge in [0.2, 0.25) is 9.47 Å². The predicted octanol–water partition coefficient (Wildman–Crippen LogP) is 1.90. The van der Waals surface area contributed by atoms with Crippen LogP contribution in [0.5, 0.6) is 0 Å². The number of nitrogens with zero attached hydrogens (tertiary/aromatic N) is 2. The Morgan fingerprint density at radius 2 is 2.16 bits per heavy atom. The van der Waals surface area contributed by atoms with Gasteiger partial charge in [0.25, 0.3) is 15.9 Å². The fourth-order valence-electron chi connectivity index (χ4n) is 2.25. The lowest BCUT2D eigenvalue weighted by atomic mass is 10.2. The van der Waals surface area contributed by atoms with Gasteiger partial charge >= 0.3 is 0 Å². The summed E-state index contributed by atoms with van der Waals surface area (Å²) >= 11 is 6.72. The zero-order valence-electron chi connectivity index (χ0n) is 12.9. The van der Waals surface area contributed by atoms with E-state index in [1.165, 1.54) is 0 Å². The highest BCUT2D eigenvalue weighted by Gasteiger charge is 2.24. The second kappa shape index (κ2) is 7.75. The van der Waals surface area contributed by atoms with Gasteiger partial charge in [-0.25, -0.2) is 13.1 Å². The number of amides is 1. The third-order valence-electron chi connectivity index (χ3n) is 3.50. The van der Waals surface area contributed by atoms with E-state index in [0.717, 1.165) is 24.2 Å². The average molecular weight is 403 g/mol. The number of hydrogen-bond acceptors (Lipinski definition) is 7. The van der Waals surface area contributed by atoms with E-state index in [-0.39, 0.29) is 32.7 Å². The number of carbonyl (C=O) groups is 1. The summed E-state index contributed by atoms with van der Waals surface area (Å²) in [4.78, 5) is 12.2. The lowest BCUT2D eigenvalue weighted by Crippen LogP contribution is -2.31. The first-order valence-corrected chi connectivity index (χ1v) is 10.1. The van der Waals surface area contributed by atoms with Crippen molar-refractivity contribution in [3.63, 3.8) is 0 Å². The zero-order chi connectivity index (χ0) is 17.9. The normalized spacial score (nSPS) is 17.6. The van der Waals surface area contributed by atoms with Crippen LogP contribution in [0.25, 0.3) is 0 Å². The molecule has 0 aliphatic carbocycles. The molecule has 2 heterocycles. The lowest BCUT2D eigenvalue weighted by Gasteiger charge is -2.09. The van der Waals surface area contributed by atoms with E-state index in [2.05, 4.69) is 20.2 Å². The van der Waals surface area contributed by atoms with Crippen molar-refractivity contribution >= 4 is 44.0 Å². The molecular formula is C14H15ClN4O4S2. The maximum Gasteiger partial charge on any atom is 0.269 e. The van der Waals surface area contributed by atoms with Gasteiger partial charge in [0.1, 0.15) is 0 Å². The van der Waals surface area contributed by atoms with Gasteiger partial charge in [-0.3, -0.25) is 10.1 Å². The molecule has 0 unspecified atom stereocenters. The number of sulfonamides is 1. The summed E-state index contributed by atoms with van der Waals surface area (Å²) in [6.07, 6.45) is 1.61. The first-order valence-electron chi connectivity index (χ1n) is 7.46. The van der Waals surface area contributed by atoms with Crippen molar-refractivity contribution in [3.8, 4) is 0 Å². The number of anilines is 1. The van der Waals surface area contributed by atoms with Crippen LogP contribution in [0, 0.1) is 0 Å². The molecule has 3 rings (SSSR count). The fraction of sp³-hybridized carbons (Fsp3) is 0.357. The van der Waals surface area contributed by atoms with Gasteiger partial charge in [-0.1, -0.05) is 35.1 Å². The molecule has 11 heteroatoms. The Hall–Kier alpha value is -1.59. The van der Waals surface area contributed by atoms with Crippen molar-refractivity contribution in [2.75, 3.05) is 18.5 Å². The van der Waals surface area contributed by atoms with Gasteiger partial charge in [0, 0.05) is 13.2 Å². The van der Waals surface area contributed by atoms with Gasteiger partial charge in [0.15, 0.2) is 0 Å². The van der Waals surface area contributed by atoms with Gasteiger partial charge in [-0.15, -0.1) is 10.2 Å². The number of aromatic nitrogens is 2. The number of halogens is 1. The van der Waals surface area contributed by atoms with E-state index in [9.17, 15) is 13.2 Å². The standard InChI is InChI=1S/C14H15ClN4O4S2/c15-11-6-2-1-5-10(11)12(20)17-13-18-19-14(24-13)25(21,22)16-8-9-4-3-7-23-9/h1-2,5-6,9,16H,3-4,7-8H2,(H,17,18,20)/t9-/m0/s1. The molecule has 1 aliphatic rings. The van der Waals surface area contributed by atoms with Crippen LogP contribution in [0.3, 0.4) is 0 Å². The van der Waals surface area contributed by atoms with Crippen LogP contribution >= 0.6 is 22.9 Å². The van der Waals surface area contributed by atoms with Crippen LogP contribution < -0.4 is 10.0 Å². The number of nitrogens with one attached hydrogen (secondary N) is 2. The van der Waals surface area contributed by atoms with Crippen LogP contribution in [-0.4, -0.2) is 43.8 Å². The minimum Gasteiger partial charge on any atom is -0.377 e. The molecule has 0 bridgehead atoms. The summed E-state index contributed by atoms with van der Waals surface area (Å²) in [6.45, 7) is 0.826. The highest BCUT2D eigenvalue weighted by Crippen LogP contribution is 2.22. The Morgan fingerprint density at radius 1 is 1.36 bits per heavy atom. The van der Waals surface area contributed by atoms with Crippen LogP contribution in [0.15, 0.2) is 28.6 Å². The summed E-state index contributed by atoms with van der Waals surface area (Å²) in [7, 11) is -3.80. The van der Waals surface area contributed by atoms with Crippen molar-refractivity contribution < 1.29 is 17.9 Å². The zero-order valence-corrected chi connectivity index (χ0v) is 15.3. The van der Waals surface area contributed by atoms with E-state index in [1.54, 1.807) is 24.3 Å². The Balaban J connectivity index is 1.65. The van der Waals surface area contributed by atoms with Gasteiger partial charge < -0.3 is 4.74 Å². The van der Waals surface area contributed by atoms with Crippen molar-refractivity contribution in [1.29, 1.82) is 0 Å². The maximum atomic E-state index is 12.2. The molecule has 1 amide bonds. The van der Waals surface area contributed by atoms with E-state index in [4.69, 9.17) is 16.3 Å². The third-order valence-corrected chi connectivity index (χ3v) is 6.46. The molecule has 25 heavy (non-hydrogen) atoms. The molecule has 134 valence electrons. The van der Waals surface area contributed by atoms with Crippen molar-refractivity contribution in [3.05, 3.63) is 34.9 Å². The summed E-state index contributed by atoms with van der Waals surface area (Å²) < 4.78 is 32.0. The van der Waals surface area contributed by atoms with Crippen molar-refractivity contribution in [2.24, 2.45) is 0 Å². The molecule has 0 radical (unpaired) electrons. The summed E-state index contributed by atoms with van der Waals surface area (Å²) in [5, 5.41) is 10.2. The van der Waals surface area contributed by atoms with E-state index in [0.29, 0.717) is 6.61 Å². The molecule has 1 aromatic carbocycles. The molecule has 2 aromatic rings. The van der Waals surface area contributed by atoms with Gasteiger partial charge in [-0.2, -0.15) is 0 Å².